The second-order valence-corrected chi connectivity index (χ2v) is 5.80. The van der Waals surface area contributed by atoms with Crippen LogP contribution in [0.15, 0.2) is 76.2 Å². The topological polar surface area (TPSA) is 91.4 Å². The Morgan fingerprint density at radius 3 is 2.76 bits per heavy atom. The van der Waals surface area contributed by atoms with Gasteiger partial charge in [0.25, 0.3) is 5.91 Å². The summed E-state index contributed by atoms with van der Waals surface area (Å²) in [6, 6.07) is 14.4. The van der Waals surface area contributed by atoms with Crippen molar-refractivity contribution in [3.8, 4) is 0 Å². The summed E-state index contributed by atoms with van der Waals surface area (Å²) in [5, 5.41) is 14.8. The van der Waals surface area contributed by atoms with Gasteiger partial charge in [-0.15, -0.1) is 0 Å². The lowest BCUT2D eigenvalue weighted by atomic mass is 9.93. The second kappa shape index (κ2) is 5.99. The molecule has 0 aliphatic carbocycles. The molecule has 25 heavy (non-hydrogen) atoms. The van der Waals surface area contributed by atoms with E-state index < -0.39 is 5.60 Å². The number of hydrogen-bond donors (Lipinski definition) is 3. The van der Waals surface area contributed by atoms with Gasteiger partial charge < -0.3 is 24.2 Å². The number of hydrogen-bond acceptors (Lipinski definition) is 4. The molecule has 0 unspecified atom stereocenters. The minimum Gasteiger partial charge on any atom is -0.472 e. The number of benzene rings is 1. The fourth-order valence-electron chi connectivity index (χ4n) is 2.84. The van der Waals surface area contributed by atoms with Gasteiger partial charge >= 0.3 is 0 Å². The highest BCUT2D eigenvalue weighted by Gasteiger charge is 2.36. The van der Waals surface area contributed by atoms with Gasteiger partial charge in [0.15, 0.2) is 5.60 Å². The van der Waals surface area contributed by atoms with Crippen molar-refractivity contribution < 1.29 is 18.7 Å². The molecular weight excluding hydrogens is 320 g/mol. The van der Waals surface area contributed by atoms with Crippen LogP contribution < -0.4 is 5.32 Å². The number of carbonyl (C=O) groups is 1. The molecule has 4 rings (SSSR count). The van der Waals surface area contributed by atoms with Crippen LogP contribution >= 0.6 is 0 Å². The summed E-state index contributed by atoms with van der Waals surface area (Å²) in [6.45, 7) is -0.0613. The van der Waals surface area contributed by atoms with E-state index in [4.69, 9.17) is 8.83 Å². The van der Waals surface area contributed by atoms with E-state index in [0.29, 0.717) is 17.0 Å². The molecule has 0 fully saturated rings. The van der Waals surface area contributed by atoms with Gasteiger partial charge in [0.05, 0.1) is 25.3 Å². The molecule has 6 heteroatoms. The summed E-state index contributed by atoms with van der Waals surface area (Å²) in [4.78, 5) is 15.6. The zero-order valence-electron chi connectivity index (χ0n) is 13.2. The number of H-pyrrole nitrogens is 1. The van der Waals surface area contributed by atoms with E-state index in [1.54, 1.807) is 24.3 Å². The van der Waals surface area contributed by atoms with Crippen molar-refractivity contribution in [2.24, 2.45) is 0 Å². The third-order valence-electron chi connectivity index (χ3n) is 4.21. The number of carbonyl (C=O) groups excluding carboxylic acids is 1. The maximum atomic E-state index is 12.5. The molecule has 1 aromatic carbocycles. The van der Waals surface area contributed by atoms with Crippen LogP contribution in [0.25, 0.3) is 10.9 Å². The first-order valence-electron chi connectivity index (χ1n) is 7.82. The summed E-state index contributed by atoms with van der Waals surface area (Å²) in [5.41, 5.74) is 0.288. The first-order chi connectivity index (χ1) is 12.2. The average molecular weight is 336 g/mol. The Morgan fingerprint density at radius 1 is 1.16 bits per heavy atom. The summed E-state index contributed by atoms with van der Waals surface area (Å²) in [5.74, 6) is 0.00974. The lowest BCUT2D eigenvalue weighted by Crippen LogP contribution is -2.41. The van der Waals surface area contributed by atoms with Crippen molar-refractivity contribution >= 4 is 16.8 Å². The fourth-order valence-corrected chi connectivity index (χ4v) is 2.84. The van der Waals surface area contributed by atoms with Gasteiger partial charge in [-0.1, -0.05) is 18.2 Å². The van der Waals surface area contributed by atoms with Crippen molar-refractivity contribution in [3.05, 3.63) is 84.3 Å². The minimum atomic E-state index is -1.52. The Bertz CT molecular complexity index is 916. The quantitative estimate of drug-likeness (QED) is 0.522. The van der Waals surface area contributed by atoms with Crippen LogP contribution in [0.5, 0.6) is 0 Å². The van der Waals surface area contributed by atoms with Crippen LogP contribution in [-0.2, 0) is 5.60 Å². The number of rotatable bonds is 5. The van der Waals surface area contributed by atoms with Crippen molar-refractivity contribution in [1.82, 2.24) is 10.3 Å². The van der Waals surface area contributed by atoms with Crippen LogP contribution in [0.2, 0.25) is 0 Å². The van der Waals surface area contributed by atoms with Gasteiger partial charge in [-0.25, -0.2) is 0 Å². The molecule has 0 radical (unpaired) electrons. The molecule has 1 amide bonds. The highest BCUT2D eigenvalue weighted by atomic mass is 16.4. The summed E-state index contributed by atoms with van der Waals surface area (Å²) < 4.78 is 10.4. The van der Waals surface area contributed by atoms with E-state index in [-0.39, 0.29) is 12.5 Å². The number of aromatic nitrogens is 1. The third kappa shape index (κ3) is 2.72. The highest BCUT2D eigenvalue weighted by molar-refractivity contribution is 5.98. The average Bonchev–Trinajstić information content (AvgIpc) is 3.40. The molecule has 3 aromatic heterocycles. The molecule has 0 saturated heterocycles. The number of amides is 1. The number of aliphatic hydroxyl groups is 1. The van der Waals surface area contributed by atoms with Gasteiger partial charge in [0, 0.05) is 16.5 Å². The van der Waals surface area contributed by atoms with Crippen molar-refractivity contribution in [3.63, 3.8) is 0 Å². The van der Waals surface area contributed by atoms with Gasteiger partial charge in [0.2, 0.25) is 0 Å². The normalized spacial score (nSPS) is 13.6. The summed E-state index contributed by atoms with van der Waals surface area (Å²) >= 11 is 0. The second-order valence-electron chi connectivity index (χ2n) is 5.80. The fraction of sp³-hybridized carbons (Fsp3) is 0.105. The Labute approximate surface area is 143 Å². The molecule has 0 bridgehead atoms. The molecule has 0 spiro atoms. The van der Waals surface area contributed by atoms with Crippen LogP contribution in [0.1, 0.15) is 21.8 Å². The molecule has 0 aliphatic heterocycles. The molecule has 6 nitrogen and oxygen atoms in total. The molecule has 1 atom stereocenters. The standard InChI is InChI=1S/C19H16N2O4/c22-18(16-10-13-4-1-2-5-15(13)21-16)20-12-19(23,14-7-9-24-11-14)17-6-3-8-25-17/h1-11,21,23H,12H2,(H,20,22)/t19-/m1/s1. The van der Waals surface area contributed by atoms with E-state index in [9.17, 15) is 9.90 Å². The van der Waals surface area contributed by atoms with Crippen LogP contribution in [0, 0.1) is 0 Å². The van der Waals surface area contributed by atoms with E-state index in [1.807, 2.05) is 24.3 Å². The number of aromatic amines is 1. The molecule has 126 valence electrons. The Balaban J connectivity index is 1.58. The molecule has 3 N–H and O–H groups in total. The van der Waals surface area contributed by atoms with Crippen molar-refractivity contribution in [2.45, 2.75) is 5.60 Å². The maximum absolute atomic E-state index is 12.5. The van der Waals surface area contributed by atoms with Crippen LogP contribution in [0.4, 0.5) is 0 Å². The molecule has 0 saturated carbocycles. The zero-order chi connectivity index (χ0) is 17.3. The zero-order valence-corrected chi connectivity index (χ0v) is 13.2. The number of para-hydroxylation sites is 1. The Morgan fingerprint density at radius 2 is 2.04 bits per heavy atom. The lowest BCUT2D eigenvalue weighted by molar-refractivity contribution is 0.0519. The predicted octanol–water partition coefficient (Wildman–Crippen LogP) is 3.02. The first kappa shape index (κ1) is 15.3. The van der Waals surface area contributed by atoms with Gasteiger partial charge in [0.1, 0.15) is 11.5 Å². The Kier molecular flexibility index (Phi) is 3.66. The van der Waals surface area contributed by atoms with Crippen LogP contribution in [-0.4, -0.2) is 22.5 Å². The predicted molar refractivity (Wildman–Crippen MR) is 91.0 cm³/mol. The maximum Gasteiger partial charge on any atom is 0.267 e. The van der Waals surface area contributed by atoms with Crippen molar-refractivity contribution in [2.75, 3.05) is 6.54 Å². The molecule has 3 heterocycles. The minimum absolute atomic E-state index is 0.0613. The third-order valence-corrected chi connectivity index (χ3v) is 4.21. The van der Waals surface area contributed by atoms with Crippen molar-refractivity contribution in [1.29, 1.82) is 0 Å². The lowest BCUT2D eigenvalue weighted by Gasteiger charge is -2.25. The first-order valence-corrected chi connectivity index (χ1v) is 7.82. The molecule has 4 aromatic rings. The number of furan rings is 2. The largest absolute Gasteiger partial charge is 0.472 e. The number of nitrogens with one attached hydrogen (secondary N) is 2. The molecule has 0 aliphatic rings. The summed E-state index contributed by atoms with van der Waals surface area (Å²) in [7, 11) is 0. The SMILES string of the molecule is O=C(NC[C@@](O)(c1ccoc1)c1ccco1)c1cc2ccccc2[nH]1. The summed E-state index contributed by atoms with van der Waals surface area (Å²) in [6.07, 6.45) is 4.36. The van der Waals surface area contributed by atoms with E-state index in [2.05, 4.69) is 10.3 Å². The number of fused-ring (bicyclic) bond motifs is 1. The van der Waals surface area contributed by atoms with Gasteiger partial charge in [-0.3, -0.25) is 4.79 Å². The highest BCUT2D eigenvalue weighted by Crippen LogP contribution is 2.30. The molecular formula is C19H16N2O4. The van der Waals surface area contributed by atoms with Gasteiger partial charge in [-0.05, 0) is 30.3 Å². The van der Waals surface area contributed by atoms with E-state index in [0.717, 1.165) is 10.9 Å². The van der Waals surface area contributed by atoms with E-state index >= 15 is 0 Å². The van der Waals surface area contributed by atoms with Crippen LogP contribution in [0.3, 0.4) is 0 Å². The van der Waals surface area contributed by atoms with Gasteiger partial charge in [-0.2, -0.15) is 0 Å². The Hall–Kier alpha value is -3.25. The smallest absolute Gasteiger partial charge is 0.267 e. The van der Waals surface area contributed by atoms with E-state index in [1.165, 1.54) is 18.8 Å². The monoisotopic (exact) mass is 336 g/mol.